The Kier molecular flexibility index (Phi) is 40.3. The molecule has 7 nitrogen and oxygen atoms in total. The highest BCUT2D eigenvalue weighted by molar-refractivity contribution is 4.69. The Morgan fingerprint density at radius 2 is 0.571 bits per heavy atom. The van der Waals surface area contributed by atoms with Crippen LogP contribution in [0, 0.1) is 0 Å². The van der Waals surface area contributed by atoms with E-state index in [1.165, 1.54) is 135 Å². The van der Waals surface area contributed by atoms with Crippen LogP contribution >= 0.6 is 0 Å². The predicted octanol–water partition coefficient (Wildman–Crippen LogP) is 8.73. The topological polar surface area (TPSA) is 100 Å². The molecule has 0 aromatic rings. The van der Waals surface area contributed by atoms with Crippen LogP contribution in [0.2, 0.25) is 0 Å². The number of aliphatic hydroxyl groups is 3. The lowest BCUT2D eigenvalue weighted by Crippen LogP contribution is -2.43. The van der Waals surface area contributed by atoms with E-state index in [-0.39, 0.29) is 18.3 Å². The molecule has 3 unspecified atom stereocenters. The summed E-state index contributed by atoms with van der Waals surface area (Å²) >= 11 is 0. The molecule has 0 aliphatic heterocycles. The number of nitrogens with zero attached hydrogens (tertiary/aromatic N) is 1. The van der Waals surface area contributed by atoms with Gasteiger partial charge in [-0.1, -0.05) is 175 Å². The summed E-state index contributed by atoms with van der Waals surface area (Å²) in [5, 5.41) is 41.9. The highest BCUT2D eigenvalue weighted by Gasteiger charge is 2.10. The van der Waals surface area contributed by atoms with Crippen molar-refractivity contribution in [2.75, 3.05) is 58.9 Å². The van der Waals surface area contributed by atoms with Crippen molar-refractivity contribution in [2.24, 2.45) is 0 Å². The second-order valence-corrected chi connectivity index (χ2v) is 15.2. The lowest BCUT2D eigenvalue weighted by molar-refractivity contribution is 0.150. The van der Waals surface area contributed by atoms with Crippen LogP contribution in [-0.2, 0) is 0 Å². The Bertz CT molecular complexity index is 534. The van der Waals surface area contributed by atoms with Crippen LogP contribution in [0.25, 0.3) is 0 Å². The minimum absolute atomic E-state index is 0.262. The van der Waals surface area contributed by atoms with E-state index < -0.39 is 0 Å². The highest BCUT2D eigenvalue weighted by atomic mass is 16.3. The number of unbranched alkanes of at least 4 members (excludes halogenated alkanes) is 21. The Hall–Kier alpha value is -0.280. The summed E-state index contributed by atoms with van der Waals surface area (Å²) in [6.45, 7) is 14.1. The predicted molar refractivity (Wildman–Crippen MR) is 215 cm³/mol. The third-order valence-electron chi connectivity index (χ3n) is 10.1. The van der Waals surface area contributed by atoms with E-state index in [1.54, 1.807) is 0 Å². The lowest BCUT2D eigenvalue weighted by Gasteiger charge is -2.24. The van der Waals surface area contributed by atoms with Gasteiger partial charge in [0.15, 0.2) is 0 Å². The molecule has 0 heterocycles. The van der Waals surface area contributed by atoms with Crippen LogP contribution in [0.3, 0.4) is 0 Å². The van der Waals surface area contributed by atoms with E-state index in [2.05, 4.69) is 41.6 Å². The molecule has 0 amide bonds. The van der Waals surface area contributed by atoms with Gasteiger partial charge in [0.2, 0.25) is 0 Å². The molecule has 0 saturated carbocycles. The second kappa shape index (κ2) is 40.5. The summed E-state index contributed by atoms with van der Waals surface area (Å²) in [5.41, 5.74) is 0. The van der Waals surface area contributed by atoms with Crippen molar-refractivity contribution in [3.05, 3.63) is 0 Å². The molecular formula is C42H90N4O3. The van der Waals surface area contributed by atoms with E-state index in [9.17, 15) is 15.3 Å². The first kappa shape index (κ1) is 48.7. The molecule has 0 radical (unpaired) electrons. The summed E-state index contributed by atoms with van der Waals surface area (Å²) in [7, 11) is 0. The van der Waals surface area contributed by atoms with Gasteiger partial charge in [-0.15, -0.1) is 0 Å². The minimum atomic E-state index is -0.262. The quantitative estimate of drug-likeness (QED) is 0.0355. The molecule has 0 rings (SSSR count). The zero-order valence-electron chi connectivity index (χ0n) is 33.5. The second-order valence-electron chi connectivity index (χ2n) is 15.2. The summed E-state index contributed by atoms with van der Waals surface area (Å²) in [4.78, 5) is 2.45. The average molecular weight is 699 g/mol. The molecular weight excluding hydrogens is 608 g/mol. The number of nitrogens with one attached hydrogen (secondary N) is 3. The lowest BCUT2D eigenvalue weighted by atomic mass is 10.1. The van der Waals surface area contributed by atoms with Crippen molar-refractivity contribution in [1.29, 1.82) is 0 Å². The fourth-order valence-electron chi connectivity index (χ4n) is 6.70. The van der Waals surface area contributed by atoms with Gasteiger partial charge in [0.1, 0.15) is 0 Å². The molecule has 6 N–H and O–H groups in total. The van der Waals surface area contributed by atoms with Crippen LogP contribution in [0.1, 0.15) is 194 Å². The SMILES string of the molecule is CCCCCCCCCCC(O)CNCCN(CCNCC(O)CCCCCCCCCC)CCNCC(O)CCCCCCCCCC. The standard InChI is InChI=1S/C42H90N4O3/c1-4-7-10-13-16-19-22-25-28-40(47)37-43-31-34-46(35-32-44-38-41(48)29-26-23-20-17-14-11-8-5-2)36-33-45-39-42(49)30-27-24-21-18-15-12-9-6-3/h40-45,47-49H,4-39H2,1-3H3. The van der Waals surface area contributed by atoms with Gasteiger partial charge >= 0.3 is 0 Å². The third-order valence-corrected chi connectivity index (χ3v) is 10.1. The minimum Gasteiger partial charge on any atom is -0.392 e. The van der Waals surface area contributed by atoms with Gasteiger partial charge in [-0.3, -0.25) is 4.90 Å². The number of aliphatic hydroxyl groups excluding tert-OH is 3. The Morgan fingerprint density at radius 1 is 0.347 bits per heavy atom. The van der Waals surface area contributed by atoms with Gasteiger partial charge in [0.05, 0.1) is 18.3 Å². The zero-order valence-corrected chi connectivity index (χ0v) is 33.5. The van der Waals surface area contributed by atoms with Crippen molar-refractivity contribution in [3.8, 4) is 0 Å². The average Bonchev–Trinajstić information content (AvgIpc) is 3.10. The molecule has 49 heavy (non-hydrogen) atoms. The largest absolute Gasteiger partial charge is 0.392 e. The van der Waals surface area contributed by atoms with Crippen molar-refractivity contribution in [3.63, 3.8) is 0 Å². The van der Waals surface area contributed by atoms with Gasteiger partial charge in [-0.2, -0.15) is 0 Å². The van der Waals surface area contributed by atoms with Crippen molar-refractivity contribution < 1.29 is 15.3 Å². The van der Waals surface area contributed by atoms with E-state index in [1.807, 2.05) is 0 Å². The van der Waals surface area contributed by atoms with Crippen molar-refractivity contribution >= 4 is 0 Å². The summed E-state index contributed by atoms with van der Waals surface area (Å²) in [6.07, 6.45) is 33.0. The molecule has 0 fully saturated rings. The number of hydrogen-bond acceptors (Lipinski definition) is 7. The van der Waals surface area contributed by atoms with E-state index in [0.29, 0.717) is 19.6 Å². The normalized spacial score (nSPS) is 13.8. The van der Waals surface area contributed by atoms with Crippen LogP contribution in [0.4, 0.5) is 0 Å². The van der Waals surface area contributed by atoms with Crippen LogP contribution in [0.5, 0.6) is 0 Å². The Balaban J connectivity index is 4.24. The smallest absolute Gasteiger partial charge is 0.0664 e. The summed E-state index contributed by atoms with van der Waals surface area (Å²) in [6, 6.07) is 0. The van der Waals surface area contributed by atoms with Crippen LogP contribution in [0.15, 0.2) is 0 Å². The number of rotatable bonds is 42. The summed E-state index contributed by atoms with van der Waals surface area (Å²) in [5.74, 6) is 0. The fraction of sp³-hybridized carbons (Fsp3) is 1.00. The maximum absolute atomic E-state index is 10.5. The molecule has 3 atom stereocenters. The first-order valence-corrected chi connectivity index (χ1v) is 21.9. The van der Waals surface area contributed by atoms with E-state index in [0.717, 1.165) is 77.8 Å². The highest BCUT2D eigenvalue weighted by Crippen LogP contribution is 2.12. The zero-order chi connectivity index (χ0) is 35.9. The van der Waals surface area contributed by atoms with Crippen molar-refractivity contribution in [2.45, 2.75) is 212 Å². The Labute approximate surface area is 306 Å². The molecule has 0 aliphatic carbocycles. The van der Waals surface area contributed by atoms with Gasteiger partial charge in [0, 0.05) is 58.9 Å². The summed E-state index contributed by atoms with van der Waals surface area (Å²) < 4.78 is 0. The van der Waals surface area contributed by atoms with Crippen LogP contribution < -0.4 is 16.0 Å². The first-order chi connectivity index (χ1) is 24.0. The first-order valence-electron chi connectivity index (χ1n) is 21.9. The molecule has 7 heteroatoms. The van der Waals surface area contributed by atoms with E-state index in [4.69, 9.17) is 0 Å². The Morgan fingerprint density at radius 3 is 0.816 bits per heavy atom. The fourth-order valence-corrected chi connectivity index (χ4v) is 6.70. The molecule has 296 valence electrons. The molecule has 0 bridgehead atoms. The molecule has 0 saturated heterocycles. The van der Waals surface area contributed by atoms with Crippen molar-refractivity contribution in [1.82, 2.24) is 20.9 Å². The molecule has 0 aliphatic rings. The number of hydrogen-bond donors (Lipinski definition) is 6. The van der Waals surface area contributed by atoms with E-state index >= 15 is 0 Å². The van der Waals surface area contributed by atoms with Gasteiger partial charge in [-0.25, -0.2) is 0 Å². The molecule has 0 aromatic heterocycles. The van der Waals surface area contributed by atoms with Gasteiger partial charge in [0.25, 0.3) is 0 Å². The van der Waals surface area contributed by atoms with Crippen LogP contribution in [-0.4, -0.2) is 97.4 Å². The third kappa shape index (κ3) is 38.8. The molecule has 0 aromatic carbocycles. The monoisotopic (exact) mass is 699 g/mol. The maximum Gasteiger partial charge on any atom is 0.0664 e. The molecule has 0 spiro atoms. The maximum atomic E-state index is 10.5. The van der Waals surface area contributed by atoms with Gasteiger partial charge in [-0.05, 0) is 19.3 Å². The van der Waals surface area contributed by atoms with Gasteiger partial charge < -0.3 is 31.3 Å².